The molecule has 0 aliphatic carbocycles. The van der Waals surface area contributed by atoms with Crippen LogP contribution in [0.4, 0.5) is 0 Å². The van der Waals surface area contributed by atoms with E-state index in [1.165, 1.54) is 0 Å². The van der Waals surface area contributed by atoms with Gasteiger partial charge in [0.05, 0.1) is 26.2 Å². The zero-order chi connectivity index (χ0) is 18.1. The number of nitrogens with zero attached hydrogens (tertiary/aromatic N) is 1. The lowest BCUT2D eigenvalue weighted by molar-refractivity contribution is -0.133. The van der Waals surface area contributed by atoms with Gasteiger partial charge in [0.15, 0.2) is 0 Å². The molecule has 1 heterocycles. The molecule has 0 bridgehead atoms. The monoisotopic (exact) mass is 347 g/mol. The lowest BCUT2D eigenvalue weighted by atomic mass is 10.1. The number of nitrogens with one attached hydrogen (secondary N) is 2. The Labute approximate surface area is 147 Å². The lowest BCUT2D eigenvalue weighted by Gasteiger charge is -2.33. The standard InChI is InChI=1S/C18H25N3O4/c1-25-16-7-3-2-5-14(16)6-4-10-21-11-8-20-18(24)15(21)13-17(23)19-9-12-22/h2-7,15,22H,8-13H2,1H3,(H,19,23)(H,20,24). The molecule has 7 nitrogen and oxygen atoms in total. The van der Waals surface area contributed by atoms with Crippen molar-refractivity contribution in [3.63, 3.8) is 0 Å². The number of aliphatic hydroxyl groups excluding tert-OH is 1. The molecule has 1 fully saturated rings. The summed E-state index contributed by atoms with van der Waals surface area (Å²) in [6.45, 7) is 1.88. The van der Waals surface area contributed by atoms with Crippen molar-refractivity contribution in [2.75, 3.05) is 39.9 Å². The maximum Gasteiger partial charge on any atom is 0.237 e. The molecule has 25 heavy (non-hydrogen) atoms. The van der Waals surface area contributed by atoms with E-state index in [2.05, 4.69) is 10.6 Å². The van der Waals surface area contributed by atoms with E-state index in [1.54, 1.807) is 7.11 Å². The van der Waals surface area contributed by atoms with Crippen LogP contribution < -0.4 is 15.4 Å². The molecule has 1 aromatic rings. The fraction of sp³-hybridized carbons (Fsp3) is 0.444. The van der Waals surface area contributed by atoms with Gasteiger partial charge in [0.2, 0.25) is 11.8 Å². The molecular weight excluding hydrogens is 322 g/mol. The molecular formula is C18H25N3O4. The summed E-state index contributed by atoms with van der Waals surface area (Å²) in [4.78, 5) is 26.0. The highest BCUT2D eigenvalue weighted by atomic mass is 16.5. The van der Waals surface area contributed by atoms with E-state index in [4.69, 9.17) is 9.84 Å². The van der Waals surface area contributed by atoms with Gasteiger partial charge in [-0.15, -0.1) is 0 Å². The van der Waals surface area contributed by atoms with Gasteiger partial charge in [0, 0.05) is 31.7 Å². The van der Waals surface area contributed by atoms with Crippen molar-refractivity contribution in [3.05, 3.63) is 35.9 Å². The summed E-state index contributed by atoms with van der Waals surface area (Å²) in [5.41, 5.74) is 0.962. The summed E-state index contributed by atoms with van der Waals surface area (Å²) in [6, 6.07) is 7.19. The van der Waals surface area contributed by atoms with Crippen molar-refractivity contribution in [1.29, 1.82) is 0 Å². The average Bonchev–Trinajstić information content (AvgIpc) is 2.63. The molecule has 1 unspecified atom stereocenters. The van der Waals surface area contributed by atoms with Crippen molar-refractivity contribution in [1.82, 2.24) is 15.5 Å². The Morgan fingerprint density at radius 3 is 3.04 bits per heavy atom. The third-order valence-electron chi connectivity index (χ3n) is 4.03. The molecule has 1 aromatic carbocycles. The van der Waals surface area contributed by atoms with Crippen LogP contribution >= 0.6 is 0 Å². The fourth-order valence-corrected chi connectivity index (χ4v) is 2.76. The van der Waals surface area contributed by atoms with Crippen LogP contribution in [0.25, 0.3) is 6.08 Å². The average molecular weight is 347 g/mol. The summed E-state index contributed by atoms with van der Waals surface area (Å²) in [5, 5.41) is 14.2. The van der Waals surface area contributed by atoms with E-state index >= 15 is 0 Å². The summed E-state index contributed by atoms with van der Waals surface area (Å²) in [6.07, 6.45) is 4.00. The number of ether oxygens (including phenoxy) is 1. The number of para-hydroxylation sites is 1. The van der Waals surface area contributed by atoms with E-state index in [1.807, 2.05) is 41.3 Å². The Morgan fingerprint density at radius 2 is 2.28 bits per heavy atom. The molecule has 136 valence electrons. The minimum Gasteiger partial charge on any atom is -0.496 e. The number of amides is 2. The van der Waals surface area contributed by atoms with Gasteiger partial charge in [-0.2, -0.15) is 0 Å². The van der Waals surface area contributed by atoms with Gasteiger partial charge in [-0.25, -0.2) is 0 Å². The van der Waals surface area contributed by atoms with Gasteiger partial charge in [-0.3, -0.25) is 14.5 Å². The number of rotatable bonds is 8. The highest BCUT2D eigenvalue weighted by molar-refractivity contribution is 5.88. The first kappa shape index (κ1) is 19.0. The number of methoxy groups -OCH3 is 1. The summed E-state index contributed by atoms with van der Waals surface area (Å²) in [7, 11) is 1.63. The molecule has 1 aliphatic heterocycles. The fourth-order valence-electron chi connectivity index (χ4n) is 2.76. The SMILES string of the molecule is COc1ccccc1C=CCN1CCNC(=O)C1CC(=O)NCCO. The van der Waals surface area contributed by atoms with Gasteiger partial charge >= 0.3 is 0 Å². The Kier molecular flexibility index (Phi) is 7.43. The van der Waals surface area contributed by atoms with Gasteiger partial charge in [-0.05, 0) is 6.07 Å². The van der Waals surface area contributed by atoms with E-state index < -0.39 is 6.04 Å². The van der Waals surface area contributed by atoms with Gasteiger partial charge in [0.25, 0.3) is 0 Å². The molecule has 1 aliphatic rings. The van der Waals surface area contributed by atoms with Crippen LogP contribution in [-0.2, 0) is 9.59 Å². The van der Waals surface area contributed by atoms with Crippen molar-refractivity contribution >= 4 is 17.9 Å². The van der Waals surface area contributed by atoms with Crippen LogP contribution in [0.15, 0.2) is 30.3 Å². The number of carbonyl (C=O) groups excluding carboxylic acids is 2. The van der Waals surface area contributed by atoms with Gasteiger partial charge in [-0.1, -0.05) is 30.4 Å². The Balaban J connectivity index is 1.98. The maximum atomic E-state index is 12.1. The van der Waals surface area contributed by atoms with Gasteiger partial charge in [0.1, 0.15) is 5.75 Å². The maximum absolute atomic E-state index is 12.1. The number of hydrogen-bond acceptors (Lipinski definition) is 5. The second-order valence-corrected chi connectivity index (χ2v) is 5.72. The van der Waals surface area contributed by atoms with Crippen molar-refractivity contribution in [3.8, 4) is 5.75 Å². The second-order valence-electron chi connectivity index (χ2n) is 5.72. The zero-order valence-corrected chi connectivity index (χ0v) is 14.4. The summed E-state index contributed by atoms with van der Waals surface area (Å²) in [5.74, 6) is 0.404. The minimum atomic E-state index is -0.505. The normalized spacial score (nSPS) is 18.2. The Bertz CT molecular complexity index is 618. The smallest absolute Gasteiger partial charge is 0.237 e. The van der Waals surface area contributed by atoms with Crippen molar-refractivity contribution in [2.24, 2.45) is 0 Å². The minimum absolute atomic E-state index is 0.0777. The van der Waals surface area contributed by atoms with Crippen LogP contribution in [-0.4, -0.2) is 67.8 Å². The topological polar surface area (TPSA) is 90.9 Å². The zero-order valence-electron chi connectivity index (χ0n) is 14.4. The Morgan fingerprint density at radius 1 is 1.48 bits per heavy atom. The predicted molar refractivity (Wildman–Crippen MR) is 95.1 cm³/mol. The first-order valence-electron chi connectivity index (χ1n) is 8.34. The van der Waals surface area contributed by atoms with E-state index in [9.17, 15) is 9.59 Å². The third-order valence-corrected chi connectivity index (χ3v) is 4.03. The largest absolute Gasteiger partial charge is 0.496 e. The highest BCUT2D eigenvalue weighted by Gasteiger charge is 2.30. The molecule has 7 heteroatoms. The molecule has 0 radical (unpaired) electrons. The van der Waals surface area contributed by atoms with E-state index in [0.717, 1.165) is 11.3 Å². The number of benzene rings is 1. The van der Waals surface area contributed by atoms with Crippen molar-refractivity contribution < 1.29 is 19.4 Å². The van der Waals surface area contributed by atoms with E-state index in [-0.39, 0.29) is 31.4 Å². The predicted octanol–water partition coefficient (Wildman–Crippen LogP) is 0.00740. The van der Waals surface area contributed by atoms with Crippen LogP contribution in [0, 0.1) is 0 Å². The number of hydrogen-bond donors (Lipinski definition) is 3. The third kappa shape index (κ3) is 5.58. The summed E-state index contributed by atoms with van der Waals surface area (Å²) >= 11 is 0. The number of piperazine rings is 1. The van der Waals surface area contributed by atoms with Crippen LogP contribution in [0.3, 0.4) is 0 Å². The number of aliphatic hydroxyl groups is 1. The molecule has 0 saturated carbocycles. The second kappa shape index (κ2) is 9.80. The van der Waals surface area contributed by atoms with E-state index in [0.29, 0.717) is 19.6 Å². The molecule has 2 amide bonds. The highest BCUT2D eigenvalue weighted by Crippen LogP contribution is 2.19. The summed E-state index contributed by atoms with van der Waals surface area (Å²) < 4.78 is 5.31. The van der Waals surface area contributed by atoms with Crippen LogP contribution in [0.2, 0.25) is 0 Å². The molecule has 0 spiro atoms. The molecule has 0 aromatic heterocycles. The molecule has 2 rings (SSSR count). The van der Waals surface area contributed by atoms with Gasteiger partial charge < -0.3 is 20.5 Å². The number of carbonyl (C=O) groups is 2. The molecule has 1 atom stereocenters. The molecule has 3 N–H and O–H groups in total. The van der Waals surface area contributed by atoms with Crippen molar-refractivity contribution in [2.45, 2.75) is 12.5 Å². The Hall–Kier alpha value is -2.38. The lowest BCUT2D eigenvalue weighted by Crippen LogP contribution is -2.56. The first-order chi connectivity index (χ1) is 12.2. The van der Waals surface area contributed by atoms with Crippen LogP contribution in [0.1, 0.15) is 12.0 Å². The first-order valence-corrected chi connectivity index (χ1v) is 8.34. The van der Waals surface area contributed by atoms with Crippen LogP contribution in [0.5, 0.6) is 5.75 Å². The quantitative estimate of drug-likeness (QED) is 0.616. The molecule has 1 saturated heterocycles.